The van der Waals surface area contributed by atoms with Crippen LogP contribution in [0.3, 0.4) is 0 Å². The van der Waals surface area contributed by atoms with E-state index in [0.717, 1.165) is 10.4 Å². The molecule has 1 N–H and O–H groups in total. The van der Waals surface area contributed by atoms with Crippen molar-refractivity contribution in [1.82, 2.24) is 4.98 Å². The lowest BCUT2D eigenvalue weighted by Crippen LogP contribution is -1.95. The second kappa shape index (κ2) is 3.68. The molecular weight excluding hydrogens is 182 g/mol. The summed E-state index contributed by atoms with van der Waals surface area (Å²) in [5, 5.41) is 9.85. The molecular formula is C10H9NOS. The van der Waals surface area contributed by atoms with Crippen LogP contribution in [0.1, 0.15) is 16.5 Å². The quantitative estimate of drug-likeness (QED) is 0.789. The maximum Gasteiger partial charge on any atom is 0.115 e. The van der Waals surface area contributed by atoms with Crippen molar-refractivity contribution in [2.45, 2.75) is 6.10 Å². The predicted molar refractivity (Wildman–Crippen MR) is 52.6 cm³/mol. The van der Waals surface area contributed by atoms with Crippen molar-refractivity contribution in [2.24, 2.45) is 0 Å². The van der Waals surface area contributed by atoms with Crippen molar-refractivity contribution >= 4 is 11.3 Å². The SMILES string of the molecule is O[C@H](c1ccccc1)c1cncs1. The molecule has 0 saturated carbocycles. The molecule has 1 atom stereocenters. The van der Waals surface area contributed by atoms with E-state index in [1.54, 1.807) is 11.7 Å². The first-order valence-electron chi connectivity index (χ1n) is 3.99. The van der Waals surface area contributed by atoms with Gasteiger partial charge >= 0.3 is 0 Å². The van der Waals surface area contributed by atoms with Crippen LogP contribution in [-0.4, -0.2) is 10.1 Å². The predicted octanol–water partition coefficient (Wildman–Crippen LogP) is 2.22. The molecule has 2 nitrogen and oxygen atoms in total. The lowest BCUT2D eigenvalue weighted by Gasteiger charge is -2.06. The van der Waals surface area contributed by atoms with E-state index in [0.29, 0.717) is 0 Å². The van der Waals surface area contributed by atoms with E-state index < -0.39 is 6.10 Å². The summed E-state index contributed by atoms with van der Waals surface area (Å²) in [6.07, 6.45) is 1.16. The molecule has 0 aliphatic rings. The van der Waals surface area contributed by atoms with Gasteiger partial charge in [0, 0.05) is 6.20 Å². The Bertz CT molecular complexity index is 358. The monoisotopic (exact) mass is 191 g/mol. The Hall–Kier alpha value is -1.19. The summed E-state index contributed by atoms with van der Waals surface area (Å²) in [4.78, 5) is 4.81. The van der Waals surface area contributed by atoms with Crippen LogP contribution in [0.2, 0.25) is 0 Å². The third-order valence-electron chi connectivity index (χ3n) is 1.84. The molecule has 2 aromatic rings. The summed E-state index contributed by atoms with van der Waals surface area (Å²) in [7, 11) is 0. The Morgan fingerprint density at radius 1 is 1.23 bits per heavy atom. The fraction of sp³-hybridized carbons (Fsp3) is 0.100. The average molecular weight is 191 g/mol. The highest BCUT2D eigenvalue weighted by Gasteiger charge is 2.10. The first-order chi connectivity index (χ1) is 6.38. The van der Waals surface area contributed by atoms with E-state index in [4.69, 9.17) is 0 Å². The summed E-state index contributed by atoms with van der Waals surface area (Å²) in [5.41, 5.74) is 2.63. The molecule has 0 amide bonds. The average Bonchev–Trinajstić information content (AvgIpc) is 2.71. The standard InChI is InChI=1S/C10H9NOS/c12-10(9-6-11-7-13-9)8-4-2-1-3-5-8/h1-7,10,12H/t10-/m1/s1. The number of aliphatic hydroxyl groups is 1. The molecule has 0 bridgehead atoms. The van der Waals surface area contributed by atoms with Crippen LogP contribution < -0.4 is 0 Å². The number of benzene rings is 1. The molecule has 0 radical (unpaired) electrons. The second-order valence-corrected chi connectivity index (χ2v) is 3.63. The zero-order valence-corrected chi connectivity index (χ0v) is 7.74. The fourth-order valence-electron chi connectivity index (χ4n) is 1.16. The summed E-state index contributed by atoms with van der Waals surface area (Å²) in [5.74, 6) is 0. The third-order valence-corrected chi connectivity index (χ3v) is 2.66. The molecule has 0 saturated heterocycles. The number of rotatable bonds is 2. The zero-order valence-electron chi connectivity index (χ0n) is 6.92. The Morgan fingerprint density at radius 2 is 2.00 bits per heavy atom. The van der Waals surface area contributed by atoms with Crippen molar-refractivity contribution in [2.75, 3.05) is 0 Å². The highest BCUT2D eigenvalue weighted by Crippen LogP contribution is 2.23. The topological polar surface area (TPSA) is 33.1 Å². The Morgan fingerprint density at radius 3 is 2.62 bits per heavy atom. The summed E-state index contributed by atoms with van der Waals surface area (Å²) in [6, 6.07) is 9.58. The highest BCUT2D eigenvalue weighted by atomic mass is 32.1. The van der Waals surface area contributed by atoms with E-state index in [2.05, 4.69) is 4.98 Å². The van der Waals surface area contributed by atoms with Gasteiger partial charge in [0.1, 0.15) is 6.10 Å². The highest BCUT2D eigenvalue weighted by molar-refractivity contribution is 7.09. The van der Waals surface area contributed by atoms with Gasteiger partial charge in [-0.3, -0.25) is 4.98 Å². The van der Waals surface area contributed by atoms with Crippen molar-refractivity contribution in [3.8, 4) is 0 Å². The second-order valence-electron chi connectivity index (χ2n) is 2.72. The summed E-state index contributed by atoms with van der Waals surface area (Å²) in [6.45, 7) is 0. The van der Waals surface area contributed by atoms with E-state index in [-0.39, 0.29) is 0 Å². The van der Waals surface area contributed by atoms with Gasteiger partial charge in [0.15, 0.2) is 0 Å². The van der Waals surface area contributed by atoms with Gasteiger partial charge in [-0.15, -0.1) is 11.3 Å². The normalized spacial score (nSPS) is 12.7. The van der Waals surface area contributed by atoms with Crippen LogP contribution in [0.25, 0.3) is 0 Å². The van der Waals surface area contributed by atoms with E-state index in [9.17, 15) is 5.11 Å². The van der Waals surface area contributed by atoms with Gasteiger partial charge in [-0.25, -0.2) is 0 Å². The minimum absolute atomic E-state index is 0.534. The molecule has 1 aromatic heterocycles. The Labute approximate surface area is 80.5 Å². The van der Waals surface area contributed by atoms with E-state index in [1.165, 1.54) is 11.3 Å². The number of nitrogens with zero attached hydrogens (tertiary/aromatic N) is 1. The summed E-state index contributed by atoms with van der Waals surface area (Å²) >= 11 is 1.46. The van der Waals surface area contributed by atoms with Crippen LogP contribution in [0, 0.1) is 0 Å². The molecule has 1 heterocycles. The van der Waals surface area contributed by atoms with Gasteiger partial charge in [-0.1, -0.05) is 30.3 Å². The molecule has 0 aliphatic carbocycles. The summed E-state index contributed by atoms with van der Waals surface area (Å²) < 4.78 is 0. The molecule has 0 fully saturated rings. The number of aromatic nitrogens is 1. The number of hydrogen-bond acceptors (Lipinski definition) is 3. The molecule has 0 aliphatic heterocycles. The van der Waals surface area contributed by atoms with Crippen LogP contribution in [0.5, 0.6) is 0 Å². The first kappa shape index (κ1) is 8.41. The van der Waals surface area contributed by atoms with Crippen molar-refractivity contribution in [1.29, 1.82) is 0 Å². The number of thiazole rings is 1. The number of hydrogen-bond donors (Lipinski definition) is 1. The minimum Gasteiger partial charge on any atom is -0.383 e. The molecule has 3 heteroatoms. The minimum atomic E-state index is -0.534. The van der Waals surface area contributed by atoms with Crippen molar-refractivity contribution < 1.29 is 5.11 Å². The van der Waals surface area contributed by atoms with E-state index >= 15 is 0 Å². The van der Waals surface area contributed by atoms with Gasteiger partial charge in [0.05, 0.1) is 10.4 Å². The van der Waals surface area contributed by atoms with Gasteiger partial charge < -0.3 is 5.11 Å². The molecule has 2 rings (SSSR count). The van der Waals surface area contributed by atoms with Crippen LogP contribution in [-0.2, 0) is 0 Å². The van der Waals surface area contributed by atoms with Gasteiger partial charge in [-0.05, 0) is 5.56 Å². The molecule has 1 aromatic carbocycles. The Balaban J connectivity index is 2.29. The molecule has 0 spiro atoms. The lowest BCUT2D eigenvalue weighted by atomic mass is 10.1. The van der Waals surface area contributed by atoms with Crippen LogP contribution in [0.4, 0.5) is 0 Å². The zero-order chi connectivity index (χ0) is 9.10. The van der Waals surface area contributed by atoms with Gasteiger partial charge in [-0.2, -0.15) is 0 Å². The fourth-order valence-corrected chi connectivity index (χ4v) is 1.79. The smallest absolute Gasteiger partial charge is 0.115 e. The van der Waals surface area contributed by atoms with Gasteiger partial charge in [0.2, 0.25) is 0 Å². The third kappa shape index (κ3) is 1.76. The Kier molecular flexibility index (Phi) is 2.38. The number of aliphatic hydroxyl groups excluding tert-OH is 1. The van der Waals surface area contributed by atoms with Gasteiger partial charge in [0.25, 0.3) is 0 Å². The maximum atomic E-state index is 9.85. The first-order valence-corrected chi connectivity index (χ1v) is 4.87. The van der Waals surface area contributed by atoms with E-state index in [1.807, 2.05) is 30.3 Å². The molecule has 0 unspecified atom stereocenters. The van der Waals surface area contributed by atoms with Crippen LogP contribution in [0.15, 0.2) is 42.0 Å². The molecule has 13 heavy (non-hydrogen) atoms. The van der Waals surface area contributed by atoms with Crippen molar-refractivity contribution in [3.63, 3.8) is 0 Å². The molecule has 66 valence electrons. The maximum absolute atomic E-state index is 9.85. The largest absolute Gasteiger partial charge is 0.383 e. The van der Waals surface area contributed by atoms with Crippen molar-refractivity contribution in [3.05, 3.63) is 52.5 Å². The lowest BCUT2D eigenvalue weighted by molar-refractivity contribution is 0.224. The van der Waals surface area contributed by atoms with Crippen LogP contribution >= 0.6 is 11.3 Å².